The molecule has 6 heterocycles. The van der Waals surface area contributed by atoms with Gasteiger partial charge in [-0.15, -0.1) is 0 Å². The Morgan fingerprint density at radius 2 is 0.889 bits per heavy atom. The van der Waals surface area contributed by atoms with Crippen molar-refractivity contribution in [1.82, 2.24) is 9.80 Å². The lowest BCUT2D eigenvalue weighted by Crippen LogP contribution is -2.86. The van der Waals surface area contributed by atoms with Crippen LogP contribution in [-0.2, 0) is 0 Å². The fraction of sp³-hybridized carbons (Fsp3) is 0.462. The zero-order valence-corrected chi connectivity index (χ0v) is 20.7. The van der Waals surface area contributed by atoms with Crippen LogP contribution in [0.1, 0.15) is 38.5 Å². The average Bonchev–Trinajstić information content (AvgIpc) is 3.70. The van der Waals surface area contributed by atoms with Gasteiger partial charge in [-0.3, -0.25) is 9.80 Å². The fourth-order valence-corrected chi connectivity index (χ4v) is 7.58. The van der Waals surface area contributed by atoms with Crippen molar-refractivity contribution >= 4 is 24.8 Å². The molecule has 0 N–H and O–H groups in total. The molecule has 0 aliphatic carbocycles. The number of amidine groups is 2. The molecule has 0 saturated carbocycles. The van der Waals surface area contributed by atoms with Gasteiger partial charge in [-0.25, -0.2) is 0 Å². The summed E-state index contributed by atoms with van der Waals surface area (Å²) in [6.45, 7) is 1.57. The molecule has 2 fully saturated rings. The molecule has 0 bridgehead atoms. The van der Waals surface area contributed by atoms with Gasteiger partial charge in [-0.05, 0) is 37.1 Å². The lowest BCUT2D eigenvalue weighted by Gasteiger charge is -2.53. The van der Waals surface area contributed by atoms with E-state index in [-0.39, 0.29) is 0 Å². The second-order valence-corrected chi connectivity index (χ2v) is 10.9. The molecule has 2 aromatic carbocycles. The highest BCUT2D eigenvalue weighted by Gasteiger charge is 2.73. The minimum absolute atomic E-state index is 0.767. The first-order chi connectivity index (χ1) is 17.8. The van der Waals surface area contributed by atoms with Crippen LogP contribution in [0.5, 0.6) is 23.0 Å². The van der Waals surface area contributed by atoms with Gasteiger partial charge in [0.2, 0.25) is 11.7 Å². The third kappa shape index (κ3) is 2.73. The van der Waals surface area contributed by atoms with Crippen LogP contribution in [0, 0.1) is 0 Å². The topological polar surface area (TPSA) is 49.4 Å². The van der Waals surface area contributed by atoms with E-state index in [4.69, 9.17) is 18.6 Å². The van der Waals surface area contributed by atoms with E-state index < -0.39 is 13.2 Å². The summed E-state index contributed by atoms with van der Waals surface area (Å²) >= 11 is 0. The summed E-state index contributed by atoms with van der Waals surface area (Å²) in [6.07, 6.45) is 6.46. The van der Waals surface area contributed by atoms with E-state index in [2.05, 4.69) is 18.8 Å². The molecule has 0 aromatic heterocycles. The van der Waals surface area contributed by atoms with Crippen LogP contribution in [0.4, 0.5) is 0 Å². The number of fused-ring (bicyclic) bond motifs is 4. The minimum atomic E-state index is -2.25. The quantitative estimate of drug-likeness (QED) is 0.623. The second-order valence-electron chi connectivity index (χ2n) is 10.9. The molecule has 6 aliphatic rings. The van der Waals surface area contributed by atoms with Gasteiger partial charge in [0.05, 0.1) is 26.2 Å². The second kappa shape index (κ2) is 7.60. The first kappa shape index (κ1) is 20.9. The molecule has 6 aliphatic heterocycles. The Labute approximate surface area is 211 Å². The molecule has 2 saturated heterocycles. The third-order valence-corrected chi connectivity index (χ3v) is 8.99. The molecule has 8 nitrogen and oxygen atoms in total. The third-order valence-electron chi connectivity index (χ3n) is 8.99. The molecule has 0 radical (unpaired) electrons. The molecule has 36 heavy (non-hydrogen) atoms. The molecule has 0 spiro atoms. The molecule has 0 unspecified atom stereocenters. The van der Waals surface area contributed by atoms with Crippen molar-refractivity contribution in [2.75, 3.05) is 39.3 Å². The summed E-state index contributed by atoms with van der Waals surface area (Å²) < 4.78 is 33.2. The Balaban J connectivity index is 1.41. The van der Waals surface area contributed by atoms with Gasteiger partial charge in [0.1, 0.15) is 23.0 Å². The zero-order chi connectivity index (χ0) is 23.7. The van der Waals surface area contributed by atoms with Crippen LogP contribution in [0.25, 0.3) is 0 Å². The predicted molar refractivity (Wildman–Crippen MR) is 138 cm³/mol. The Kier molecular flexibility index (Phi) is 4.41. The fourth-order valence-electron chi connectivity index (χ4n) is 7.58. The first-order valence-electron chi connectivity index (χ1n) is 13.8. The van der Waals surface area contributed by atoms with Crippen LogP contribution >= 0.6 is 0 Å². The van der Waals surface area contributed by atoms with Gasteiger partial charge in [-0.2, -0.15) is 0 Å². The van der Waals surface area contributed by atoms with Gasteiger partial charge in [0.15, 0.2) is 0 Å². The van der Waals surface area contributed by atoms with Crippen LogP contribution in [-0.4, -0.2) is 82.9 Å². The minimum Gasteiger partial charge on any atom is -0.661 e. The molecule has 0 amide bonds. The lowest BCUT2D eigenvalue weighted by molar-refractivity contribution is -0.470. The molecule has 0 atom stereocenters. The maximum absolute atomic E-state index is 7.09. The SMILES string of the molecule is c1ccc2c(c1)O[B-]([N+]1=C3CCCN3CCC1)([B-]1([N+]3=C4CCCN4CCC3)Oc3ccccc3O1)O2. The van der Waals surface area contributed by atoms with E-state index in [0.29, 0.717) is 0 Å². The number of para-hydroxylation sites is 4. The van der Waals surface area contributed by atoms with Crippen molar-refractivity contribution in [1.29, 1.82) is 0 Å². The largest absolute Gasteiger partial charge is 0.661 e. The van der Waals surface area contributed by atoms with E-state index in [9.17, 15) is 0 Å². The summed E-state index contributed by atoms with van der Waals surface area (Å²) in [6, 6.07) is 16.1. The van der Waals surface area contributed by atoms with Crippen molar-refractivity contribution in [3.63, 3.8) is 0 Å². The van der Waals surface area contributed by atoms with Gasteiger partial charge in [-0.1, -0.05) is 24.3 Å². The Hall–Kier alpha value is -3.29. The monoisotopic (exact) mass is 486 g/mol. The summed E-state index contributed by atoms with van der Waals surface area (Å²) in [4.78, 5) is 5.03. The number of benzene rings is 2. The number of rotatable bonds is 3. The molecule has 10 heteroatoms. The highest BCUT2D eigenvalue weighted by Crippen LogP contribution is 2.48. The number of hydrogen-bond acceptors (Lipinski definition) is 6. The molecule has 186 valence electrons. The molecular weight excluding hydrogens is 454 g/mol. The van der Waals surface area contributed by atoms with Gasteiger partial charge in [0.25, 0.3) is 0 Å². The molecule has 2 aromatic rings. The van der Waals surface area contributed by atoms with Gasteiger partial charge in [0, 0.05) is 38.8 Å². The van der Waals surface area contributed by atoms with Crippen molar-refractivity contribution in [2.45, 2.75) is 38.5 Å². The van der Waals surface area contributed by atoms with E-state index in [1.54, 1.807) is 0 Å². The van der Waals surface area contributed by atoms with Gasteiger partial charge < -0.3 is 27.6 Å². The average molecular weight is 486 g/mol. The van der Waals surface area contributed by atoms with Crippen LogP contribution in [0.15, 0.2) is 48.5 Å². The van der Waals surface area contributed by atoms with Crippen LogP contribution in [0.3, 0.4) is 0 Å². The summed E-state index contributed by atoms with van der Waals surface area (Å²) in [5, 5.41) is 0. The van der Waals surface area contributed by atoms with E-state index in [1.807, 2.05) is 48.5 Å². The highest BCUT2D eigenvalue weighted by molar-refractivity contribution is 7.26. The van der Waals surface area contributed by atoms with E-state index in [1.165, 1.54) is 11.7 Å². The van der Waals surface area contributed by atoms with Gasteiger partial charge >= 0.3 is 13.2 Å². The summed E-state index contributed by atoms with van der Waals surface area (Å²) in [5.41, 5.74) is 0. The number of hydrogen-bond donors (Lipinski definition) is 0. The van der Waals surface area contributed by atoms with Crippen molar-refractivity contribution in [3.8, 4) is 23.0 Å². The molecular formula is C26H32B2N4O4. The lowest BCUT2D eigenvalue weighted by atomic mass is 9.26. The van der Waals surface area contributed by atoms with Crippen molar-refractivity contribution in [3.05, 3.63) is 48.5 Å². The van der Waals surface area contributed by atoms with Crippen molar-refractivity contribution < 1.29 is 27.6 Å². The highest BCUT2D eigenvalue weighted by atomic mass is 16.7. The van der Waals surface area contributed by atoms with Crippen LogP contribution < -0.4 is 18.6 Å². The molecule has 8 rings (SSSR count). The van der Waals surface area contributed by atoms with E-state index >= 15 is 0 Å². The maximum Gasteiger partial charge on any atom is 0.539 e. The van der Waals surface area contributed by atoms with E-state index in [0.717, 1.165) is 101 Å². The zero-order valence-electron chi connectivity index (χ0n) is 20.7. The summed E-state index contributed by atoms with van der Waals surface area (Å²) in [5.74, 6) is 5.68. The van der Waals surface area contributed by atoms with Crippen LogP contribution in [0.2, 0.25) is 0 Å². The maximum atomic E-state index is 7.09. The smallest absolute Gasteiger partial charge is 0.539 e. The Morgan fingerprint density at radius 3 is 1.28 bits per heavy atom. The summed E-state index contributed by atoms with van der Waals surface area (Å²) in [7, 11) is 0. The normalized spacial score (nSPS) is 24.9. The first-order valence-corrected chi connectivity index (χ1v) is 13.8. The number of nitrogens with zero attached hydrogens (tertiary/aromatic N) is 4. The standard InChI is InChI=1S/C26H32B2N4O4/c1-2-10-22-21(9-1)33-27(34-22,31-19-7-17-29-15-5-13-25(29)31)28(35-23-11-3-4-12-24(23)36-28)32-20-8-18-30-16-6-14-26(30)32/h1-4,9-12H,5-8,13-20H2. The Morgan fingerprint density at radius 1 is 0.528 bits per heavy atom. The van der Waals surface area contributed by atoms with Crippen molar-refractivity contribution in [2.24, 2.45) is 0 Å². The Bertz CT molecular complexity index is 1160. The predicted octanol–water partition coefficient (Wildman–Crippen LogP) is 2.71.